The number of nitro benzene ring substituents is 2. The van der Waals surface area contributed by atoms with Crippen LogP contribution in [0.15, 0.2) is 69.5 Å². The average molecular weight is 489 g/mol. The molecule has 13 heteroatoms. The van der Waals surface area contributed by atoms with Crippen LogP contribution in [-0.4, -0.2) is 15.6 Å². The Morgan fingerprint density at radius 3 is 2.21 bits per heavy atom. The molecule has 0 saturated carbocycles. The summed E-state index contributed by atoms with van der Waals surface area (Å²) in [7, 11) is 0. The van der Waals surface area contributed by atoms with E-state index in [2.05, 4.69) is 15.8 Å². The molecule has 0 fully saturated rings. The summed E-state index contributed by atoms with van der Waals surface area (Å²) in [5.41, 5.74) is 0.359. The fourth-order valence-electron chi connectivity index (χ4n) is 3.25. The first-order valence-electron chi connectivity index (χ1n) is 9.57. The topological polar surface area (TPSA) is 123 Å². The number of hydrogen-bond acceptors (Lipinski definition) is 8. The van der Waals surface area contributed by atoms with Crippen LogP contribution in [-0.2, 0) is 6.18 Å². The fraction of sp³-hybridized carbons (Fsp3) is 0.0952. The van der Waals surface area contributed by atoms with Crippen molar-refractivity contribution in [2.75, 3.05) is 10.7 Å². The molecule has 3 aromatic carbocycles. The molecule has 174 valence electrons. The molecule has 9 nitrogen and oxygen atoms in total. The Kier molecular flexibility index (Phi) is 5.87. The summed E-state index contributed by atoms with van der Waals surface area (Å²) in [5, 5.41) is 30.0. The number of alkyl halides is 3. The monoisotopic (exact) mass is 489 g/mol. The predicted octanol–water partition coefficient (Wildman–Crippen LogP) is 6.57. The number of benzene rings is 3. The zero-order valence-electron chi connectivity index (χ0n) is 17.2. The van der Waals surface area contributed by atoms with E-state index < -0.39 is 38.6 Å². The molecule has 1 aliphatic rings. The van der Waals surface area contributed by atoms with Crippen LogP contribution in [0.25, 0.3) is 0 Å². The molecule has 0 bridgehead atoms. The fourth-order valence-corrected chi connectivity index (χ4v) is 4.22. The van der Waals surface area contributed by atoms with Crippen molar-refractivity contribution < 1.29 is 23.0 Å². The summed E-state index contributed by atoms with van der Waals surface area (Å²) < 4.78 is 39.2. The van der Waals surface area contributed by atoms with Gasteiger partial charge in [-0.05, 0) is 36.8 Å². The lowest BCUT2D eigenvalue weighted by molar-refractivity contribution is -0.392. The smallest absolute Gasteiger partial charge is 0.354 e. The number of hydrazone groups is 1. The van der Waals surface area contributed by atoms with Gasteiger partial charge in [0.25, 0.3) is 0 Å². The van der Waals surface area contributed by atoms with Crippen LogP contribution in [0.4, 0.5) is 41.6 Å². The quantitative estimate of drug-likeness (QED) is 0.185. The number of para-hydroxylation sites is 1. The summed E-state index contributed by atoms with van der Waals surface area (Å²) >= 11 is 1.57. The van der Waals surface area contributed by atoms with Crippen molar-refractivity contribution in [1.82, 2.24) is 0 Å². The molecule has 0 saturated heterocycles. The van der Waals surface area contributed by atoms with Gasteiger partial charge < -0.3 is 5.32 Å². The largest absolute Gasteiger partial charge is 0.416 e. The van der Waals surface area contributed by atoms with E-state index in [1.54, 1.807) is 30.8 Å². The molecule has 3 aromatic rings. The third-order valence-corrected chi connectivity index (χ3v) is 6.08. The highest BCUT2D eigenvalue weighted by Gasteiger charge is 2.37. The summed E-state index contributed by atoms with van der Waals surface area (Å²) in [4.78, 5) is 22.5. The number of halogens is 3. The Hall–Kier alpha value is -4.13. The van der Waals surface area contributed by atoms with Crippen molar-refractivity contribution in [2.24, 2.45) is 5.10 Å². The van der Waals surface area contributed by atoms with E-state index in [0.29, 0.717) is 11.3 Å². The minimum Gasteiger partial charge on any atom is -0.354 e. The third-order valence-electron chi connectivity index (χ3n) is 4.93. The van der Waals surface area contributed by atoms with E-state index in [4.69, 9.17) is 0 Å². The molecule has 1 heterocycles. The van der Waals surface area contributed by atoms with Gasteiger partial charge in [0.05, 0.1) is 32.5 Å². The van der Waals surface area contributed by atoms with Gasteiger partial charge in [-0.2, -0.15) is 18.3 Å². The lowest BCUT2D eigenvalue weighted by Crippen LogP contribution is -2.10. The van der Waals surface area contributed by atoms with Gasteiger partial charge in [0.1, 0.15) is 0 Å². The van der Waals surface area contributed by atoms with Crippen molar-refractivity contribution in [3.63, 3.8) is 0 Å². The van der Waals surface area contributed by atoms with Gasteiger partial charge in [0, 0.05) is 21.9 Å². The Morgan fingerprint density at radius 1 is 0.971 bits per heavy atom. The maximum Gasteiger partial charge on any atom is 0.416 e. The lowest BCUT2D eigenvalue weighted by atomic mass is 10.1. The summed E-state index contributed by atoms with van der Waals surface area (Å²) in [6, 6.07) is 13.6. The minimum atomic E-state index is -5.00. The molecule has 0 unspecified atom stereocenters. The highest BCUT2D eigenvalue weighted by Crippen LogP contribution is 2.44. The van der Waals surface area contributed by atoms with E-state index in [0.717, 1.165) is 21.2 Å². The highest BCUT2D eigenvalue weighted by molar-refractivity contribution is 7.99. The van der Waals surface area contributed by atoms with Gasteiger partial charge in [0.15, 0.2) is 0 Å². The van der Waals surface area contributed by atoms with Crippen molar-refractivity contribution in [3.8, 4) is 0 Å². The first kappa shape index (κ1) is 23.0. The second-order valence-corrected chi connectivity index (χ2v) is 8.23. The Morgan fingerprint density at radius 2 is 1.59 bits per heavy atom. The van der Waals surface area contributed by atoms with Crippen molar-refractivity contribution in [1.29, 1.82) is 0 Å². The van der Waals surface area contributed by atoms with Crippen LogP contribution < -0.4 is 10.7 Å². The molecule has 34 heavy (non-hydrogen) atoms. The van der Waals surface area contributed by atoms with Crippen LogP contribution >= 0.6 is 11.8 Å². The second-order valence-electron chi connectivity index (χ2n) is 7.14. The number of fused-ring (bicyclic) bond motifs is 2. The Bertz CT molecular complexity index is 1330. The van der Waals surface area contributed by atoms with Gasteiger partial charge in [-0.3, -0.25) is 25.7 Å². The number of rotatable bonds is 5. The Balaban J connectivity index is 1.68. The molecular formula is C21H14F3N5O4S. The van der Waals surface area contributed by atoms with Crippen LogP contribution in [0.3, 0.4) is 0 Å². The van der Waals surface area contributed by atoms with E-state index in [1.165, 1.54) is 0 Å². The zero-order chi connectivity index (χ0) is 24.6. The van der Waals surface area contributed by atoms with Crippen LogP contribution in [0.5, 0.6) is 0 Å². The van der Waals surface area contributed by atoms with Crippen molar-refractivity contribution in [3.05, 3.63) is 86.0 Å². The third kappa shape index (κ3) is 4.50. The zero-order valence-corrected chi connectivity index (χ0v) is 18.0. The second kappa shape index (κ2) is 8.67. The molecule has 0 aliphatic carbocycles. The van der Waals surface area contributed by atoms with E-state index >= 15 is 0 Å². The molecule has 0 radical (unpaired) electrons. The van der Waals surface area contributed by atoms with Gasteiger partial charge in [-0.25, -0.2) is 0 Å². The SMILES string of the molecule is C/C(=N/Nc1c([N+](=O)[O-])cc(C(F)(F)F)cc1[N+](=O)[O-])c1ccc2c(c1)Nc1ccccc1S2. The van der Waals surface area contributed by atoms with Crippen molar-refractivity contribution >= 4 is 45.9 Å². The van der Waals surface area contributed by atoms with Gasteiger partial charge >= 0.3 is 17.6 Å². The molecule has 0 spiro atoms. The van der Waals surface area contributed by atoms with Crippen LogP contribution in [0.2, 0.25) is 0 Å². The van der Waals surface area contributed by atoms with Crippen LogP contribution in [0, 0.1) is 20.2 Å². The van der Waals surface area contributed by atoms with E-state index in [9.17, 15) is 33.4 Å². The van der Waals surface area contributed by atoms with Gasteiger partial charge in [-0.15, -0.1) is 0 Å². The Labute approximate surface area is 194 Å². The van der Waals surface area contributed by atoms with E-state index in [1.807, 2.05) is 30.3 Å². The standard InChI is InChI=1S/C21H14F3N5O4S/c1-11(12-6-7-19-15(8-12)25-14-4-2-3-5-18(14)34-19)26-27-20-16(28(30)31)9-13(21(22,23)24)10-17(20)29(32)33/h2-10,25,27H,1H3/b26-11-. The molecule has 0 amide bonds. The predicted molar refractivity (Wildman–Crippen MR) is 121 cm³/mol. The lowest BCUT2D eigenvalue weighted by Gasteiger charge is -2.21. The average Bonchev–Trinajstić information content (AvgIpc) is 2.79. The number of nitrogens with zero attached hydrogens (tertiary/aromatic N) is 3. The summed E-state index contributed by atoms with van der Waals surface area (Å²) in [6.07, 6.45) is -5.00. The minimum absolute atomic E-state index is 0.234. The normalized spacial score (nSPS) is 12.9. The molecular weight excluding hydrogens is 475 g/mol. The molecule has 1 aliphatic heterocycles. The molecule has 0 aromatic heterocycles. The maximum absolute atomic E-state index is 13.1. The summed E-state index contributed by atoms with van der Waals surface area (Å²) in [6.45, 7) is 1.56. The van der Waals surface area contributed by atoms with Gasteiger partial charge in [-0.1, -0.05) is 30.0 Å². The van der Waals surface area contributed by atoms with Gasteiger partial charge in [0.2, 0.25) is 5.69 Å². The number of anilines is 3. The van der Waals surface area contributed by atoms with E-state index in [-0.39, 0.29) is 12.1 Å². The number of nitrogens with one attached hydrogen (secondary N) is 2. The molecule has 0 atom stereocenters. The van der Waals surface area contributed by atoms with Crippen molar-refractivity contribution in [2.45, 2.75) is 22.9 Å². The van der Waals surface area contributed by atoms with Crippen LogP contribution in [0.1, 0.15) is 18.1 Å². The molecule has 4 rings (SSSR count). The first-order chi connectivity index (χ1) is 16.0. The summed E-state index contributed by atoms with van der Waals surface area (Å²) in [5.74, 6) is 0. The first-order valence-corrected chi connectivity index (χ1v) is 10.4. The maximum atomic E-state index is 13.1. The number of nitro groups is 2. The molecule has 2 N–H and O–H groups in total. The number of hydrogen-bond donors (Lipinski definition) is 2. The highest BCUT2D eigenvalue weighted by atomic mass is 32.2.